The Kier molecular flexibility index (Phi) is 8.62. The lowest BCUT2D eigenvalue weighted by Crippen LogP contribution is -2.49. The molecule has 0 aliphatic carbocycles. The summed E-state index contributed by atoms with van der Waals surface area (Å²) in [7, 11) is 1.60. The Bertz CT molecular complexity index is 1830. The van der Waals surface area contributed by atoms with Gasteiger partial charge in [0, 0.05) is 31.2 Å². The zero-order chi connectivity index (χ0) is 32.6. The van der Waals surface area contributed by atoms with E-state index in [1.54, 1.807) is 37.4 Å². The zero-order valence-electron chi connectivity index (χ0n) is 25.2. The number of nitrogens with two attached hydrogens (primary N) is 1. The summed E-state index contributed by atoms with van der Waals surface area (Å²) in [5, 5.41) is 0. The van der Waals surface area contributed by atoms with E-state index in [4.69, 9.17) is 15.2 Å². The quantitative estimate of drug-likeness (QED) is 0.275. The molecule has 242 valence electrons. The molecule has 1 spiro atoms. The van der Waals surface area contributed by atoms with Crippen LogP contribution in [0, 0.1) is 5.82 Å². The molecular weight excluding hydrogens is 604 g/mol. The van der Waals surface area contributed by atoms with Gasteiger partial charge in [-0.1, -0.05) is 48.5 Å². The van der Waals surface area contributed by atoms with Crippen LogP contribution in [0.5, 0.6) is 5.75 Å². The summed E-state index contributed by atoms with van der Waals surface area (Å²) in [4.78, 5) is 30.4. The fourth-order valence-electron chi connectivity index (χ4n) is 6.55. The van der Waals surface area contributed by atoms with Crippen LogP contribution in [0.1, 0.15) is 52.4 Å². The van der Waals surface area contributed by atoms with Gasteiger partial charge < -0.3 is 15.2 Å². The largest absolute Gasteiger partial charge is 0.497 e. The Morgan fingerprint density at radius 1 is 0.935 bits per heavy atom. The normalized spacial score (nSPS) is 16.8. The van der Waals surface area contributed by atoms with Gasteiger partial charge in [0.25, 0.3) is 5.56 Å². The minimum atomic E-state index is -4.86. The molecule has 0 radical (unpaired) electrons. The molecular formula is C34H34F4N4O4. The Balaban J connectivity index is 1.39. The summed E-state index contributed by atoms with van der Waals surface area (Å²) in [6.45, 7) is 0.679. The maximum Gasteiger partial charge on any atom is 0.416 e. The predicted octanol–water partition coefficient (Wildman–Crippen LogP) is 4.95. The highest BCUT2D eigenvalue weighted by Crippen LogP contribution is 2.43. The maximum atomic E-state index is 15.0. The minimum Gasteiger partial charge on any atom is -0.497 e. The second kappa shape index (κ2) is 12.5. The Labute approximate surface area is 262 Å². The third-order valence-corrected chi connectivity index (χ3v) is 9.05. The number of nitrogens with zero attached hydrogens (tertiary/aromatic N) is 3. The molecule has 46 heavy (non-hydrogen) atoms. The van der Waals surface area contributed by atoms with E-state index in [-0.39, 0.29) is 24.4 Å². The topological polar surface area (TPSA) is 91.7 Å². The standard InChI is InChI=1S/C34H34F4N4O4/c1-45-24-12-10-22(11-13-24)18-40-16-14-33(15-17-40)30-29(21-46-33)41(19-25-26(34(36,37)38)8-5-9-27(25)35)32(44)42(31(30)43)20-28(39)23-6-3-2-4-7-23/h2-13,28H,14-21,39H2,1H3/t28-/m0/s1. The second-order valence-corrected chi connectivity index (χ2v) is 11.8. The molecule has 3 heterocycles. The van der Waals surface area contributed by atoms with Gasteiger partial charge in [0.1, 0.15) is 17.2 Å². The summed E-state index contributed by atoms with van der Waals surface area (Å²) in [5.41, 5.74) is 4.19. The van der Waals surface area contributed by atoms with Crippen LogP contribution in [0.4, 0.5) is 17.6 Å². The molecule has 2 N–H and O–H groups in total. The monoisotopic (exact) mass is 638 g/mol. The van der Waals surface area contributed by atoms with Crippen molar-refractivity contribution in [1.82, 2.24) is 14.0 Å². The van der Waals surface area contributed by atoms with Gasteiger partial charge in [0.15, 0.2) is 0 Å². The molecule has 0 amide bonds. The first-order valence-corrected chi connectivity index (χ1v) is 15.0. The van der Waals surface area contributed by atoms with E-state index >= 15 is 4.39 Å². The first-order chi connectivity index (χ1) is 22.0. The molecule has 2 aliphatic heterocycles. The Morgan fingerprint density at radius 3 is 2.28 bits per heavy atom. The van der Waals surface area contributed by atoms with Crippen molar-refractivity contribution in [3.05, 3.63) is 133 Å². The van der Waals surface area contributed by atoms with Gasteiger partial charge in [-0.3, -0.25) is 18.8 Å². The first kappa shape index (κ1) is 31.7. The number of methoxy groups -OCH3 is 1. The Hall–Kier alpha value is -4.26. The Morgan fingerprint density at radius 2 is 1.63 bits per heavy atom. The fraction of sp³-hybridized carbons (Fsp3) is 0.353. The average molecular weight is 639 g/mol. The molecule has 0 unspecified atom stereocenters. The van der Waals surface area contributed by atoms with Crippen LogP contribution >= 0.6 is 0 Å². The average Bonchev–Trinajstić information content (AvgIpc) is 3.41. The highest BCUT2D eigenvalue weighted by Gasteiger charge is 2.47. The number of aromatic nitrogens is 2. The highest BCUT2D eigenvalue weighted by atomic mass is 19.4. The van der Waals surface area contributed by atoms with E-state index in [9.17, 15) is 22.8 Å². The van der Waals surface area contributed by atoms with Gasteiger partial charge in [0.2, 0.25) is 0 Å². The highest BCUT2D eigenvalue weighted by molar-refractivity contribution is 5.35. The summed E-state index contributed by atoms with van der Waals surface area (Å²) in [6, 6.07) is 18.5. The van der Waals surface area contributed by atoms with Crippen LogP contribution in [-0.2, 0) is 42.8 Å². The molecule has 1 saturated heterocycles. The number of hydrogen-bond donors (Lipinski definition) is 1. The number of ether oxygens (including phenoxy) is 2. The van der Waals surface area contributed by atoms with Crippen LogP contribution in [0.25, 0.3) is 0 Å². The van der Waals surface area contributed by atoms with E-state index in [2.05, 4.69) is 4.90 Å². The van der Waals surface area contributed by atoms with Crippen LogP contribution < -0.4 is 21.7 Å². The zero-order valence-corrected chi connectivity index (χ0v) is 25.2. The first-order valence-electron chi connectivity index (χ1n) is 15.0. The lowest BCUT2D eigenvalue weighted by atomic mass is 9.85. The number of halogens is 4. The number of benzene rings is 3. The summed E-state index contributed by atoms with van der Waals surface area (Å²) in [6.07, 6.45) is -4.02. The van der Waals surface area contributed by atoms with Crippen molar-refractivity contribution in [2.45, 2.75) is 56.9 Å². The van der Waals surface area contributed by atoms with Crippen molar-refractivity contribution in [2.24, 2.45) is 5.73 Å². The molecule has 1 atom stereocenters. The lowest BCUT2D eigenvalue weighted by molar-refractivity contribution is -0.138. The van der Waals surface area contributed by atoms with Gasteiger partial charge in [0.05, 0.1) is 43.6 Å². The lowest BCUT2D eigenvalue weighted by Gasteiger charge is -2.39. The van der Waals surface area contributed by atoms with Gasteiger partial charge >= 0.3 is 11.9 Å². The number of likely N-dealkylation sites (tertiary alicyclic amines) is 1. The number of fused-ring (bicyclic) bond motifs is 2. The van der Waals surface area contributed by atoms with Crippen LogP contribution in [-0.4, -0.2) is 34.2 Å². The summed E-state index contributed by atoms with van der Waals surface area (Å²) < 4.78 is 70.5. The third kappa shape index (κ3) is 6.00. The molecule has 1 fully saturated rings. The van der Waals surface area contributed by atoms with Gasteiger partial charge in [-0.25, -0.2) is 9.18 Å². The van der Waals surface area contributed by atoms with Gasteiger partial charge in [-0.05, 0) is 48.2 Å². The molecule has 0 bridgehead atoms. The molecule has 1 aromatic heterocycles. The molecule has 6 rings (SSSR count). The summed E-state index contributed by atoms with van der Waals surface area (Å²) >= 11 is 0. The van der Waals surface area contributed by atoms with E-state index in [1.165, 1.54) is 0 Å². The van der Waals surface area contributed by atoms with Crippen LogP contribution in [0.15, 0.2) is 82.4 Å². The third-order valence-electron chi connectivity index (χ3n) is 9.05. The van der Waals surface area contributed by atoms with E-state index in [0.29, 0.717) is 38.0 Å². The SMILES string of the molecule is COc1ccc(CN2CCC3(CC2)OCc2c3c(=O)n(C[C@H](N)c3ccccc3)c(=O)n2Cc2c(F)cccc2C(F)(F)F)cc1. The molecule has 2 aliphatic rings. The van der Waals surface area contributed by atoms with Crippen molar-refractivity contribution < 1.29 is 27.0 Å². The van der Waals surface area contributed by atoms with Crippen LogP contribution in [0.3, 0.4) is 0 Å². The van der Waals surface area contributed by atoms with Gasteiger partial charge in [-0.15, -0.1) is 0 Å². The molecule has 4 aromatic rings. The molecule has 12 heteroatoms. The van der Waals surface area contributed by atoms with Crippen LogP contribution in [0.2, 0.25) is 0 Å². The van der Waals surface area contributed by atoms with Gasteiger partial charge in [-0.2, -0.15) is 13.2 Å². The fourth-order valence-corrected chi connectivity index (χ4v) is 6.55. The number of piperidine rings is 1. The van der Waals surface area contributed by atoms with Crippen molar-refractivity contribution in [1.29, 1.82) is 0 Å². The van der Waals surface area contributed by atoms with E-state index < -0.39 is 52.6 Å². The maximum absolute atomic E-state index is 15.0. The van der Waals surface area contributed by atoms with Crippen molar-refractivity contribution >= 4 is 0 Å². The number of hydrogen-bond acceptors (Lipinski definition) is 6. The summed E-state index contributed by atoms with van der Waals surface area (Å²) in [5.74, 6) is -0.348. The minimum absolute atomic E-state index is 0.166. The number of rotatable bonds is 8. The van der Waals surface area contributed by atoms with Crippen molar-refractivity contribution in [3.8, 4) is 5.75 Å². The molecule has 3 aromatic carbocycles. The molecule has 0 saturated carbocycles. The van der Waals surface area contributed by atoms with E-state index in [0.717, 1.165) is 38.6 Å². The van der Waals surface area contributed by atoms with Crippen molar-refractivity contribution in [3.63, 3.8) is 0 Å². The van der Waals surface area contributed by atoms with E-state index in [1.807, 2.05) is 24.3 Å². The molecule has 8 nitrogen and oxygen atoms in total. The smallest absolute Gasteiger partial charge is 0.416 e. The number of alkyl halides is 3. The van der Waals surface area contributed by atoms with Crippen molar-refractivity contribution in [2.75, 3.05) is 20.2 Å². The predicted molar refractivity (Wildman–Crippen MR) is 163 cm³/mol. The second-order valence-electron chi connectivity index (χ2n) is 11.8.